The maximum Gasteiger partial charge on any atom is 0.380 e. The van der Waals surface area contributed by atoms with E-state index in [0.29, 0.717) is 6.07 Å². The molecule has 1 aromatic carbocycles. The molecule has 0 atom stereocenters. The number of benzene rings is 1. The Labute approximate surface area is 73.8 Å². The van der Waals surface area contributed by atoms with Crippen LogP contribution in [0.2, 0.25) is 0 Å². The lowest BCUT2D eigenvalue weighted by Gasteiger charge is -2.02. The van der Waals surface area contributed by atoms with Crippen LogP contribution in [0.5, 0.6) is 11.5 Å². The van der Waals surface area contributed by atoms with Crippen molar-refractivity contribution >= 4 is 10.3 Å². The lowest BCUT2D eigenvalue weighted by molar-refractivity contribution is 0.427. The summed E-state index contributed by atoms with van der Waals surface area (Å²) in [7, 11) is -4.16. The normalized spacial score (nSPS) is 11.2. The molecule has 0 heterocycles. The van der Waals surface area contributed by atoms with Crippen molar-refractivity contribution in [2.75, 3.05) is 0 Å². The third-order valence-corrected chi connectivity index (χ3v) is 1.56. The van der Waals surface area contributed by atoms with Gasteiger partial charge in [0, 0.05) is 6.07 Å². The van der Waals surface area contributed by atoms with Gasteiger partial charge in [-0.3, -0.25) is 0 Å². The molecule has 1 rings (SSSR count). The molecule has 0 aliphatic heterocycles. The summed E-state index contributed by atoms with van der Waals surface area (Å²) in [6, 6.07) is 2.73. The summed E-state index contributed by atoms with van der Waals surface area (Å²) in [5.74, 6) is -1.87. The van der Waals surface area contributed by atoms with Gasteiger partial charge in [0.1, 0.15) is 5.75 Å². The molecule has 0 saturated heterocycles. The third-order valence-electron chi connectivity index (χ3n) is 1.13. The molecule has 0 unspecified atom stereocenters. The first-order valence-corrected chi connectivity index (χ1v) is 4.56. The second kappa shape index (κ2) is 3.19. The molecule has 5 nitrogen and oxygen atoms in total. The molecular formula is C6H6FNO4S. The van der Waals surface area contributed by atoms with Crippen LogP contribution in [0.1, 0.15) is 0 Å². The van der Waals surface area contributed by atoms with E-state index in [9.17, 15) is 12.8 Å². The molecular weight excluding hydrogens is 201 g/mol. The van der Waals surface area contributed by atoms with Gasteiger partial charge >= 0.3 is 10.3 Å². The highest BCUT2D eigenvalue weighted by molar-refractivity contribution is 7.84. The molecule has 0 spiro atoms. The summed E-state index contributed by atoms with van der Waals surface area (Å²) in [6.45, 7) is 0. The zero-order valence-corrected chi connectivity index (χ0v) is 7.08. The molecule has 0 aromatic heterocycles. The van der Waals surface area contributed by atoms with E-state index in [-0.39, 0.29) is 5.75 Å². The van der Waals surface area contributed by atoms with Gasteiger partial charge < -0.3 is 9.29 Å². The van der Waals surface area contributed by atoms with Crippen molar-refractivity contribution in [3.05, 3.63) is 24.0 Å². The molecule has 0 aliphatic rings. The number of phenolic OH excluding ortho intramolecular Hbond substituents is 1. The standard InChI is InChI=1S/C6H6FNO4S/c7-5-3-4(1-2-6(5)9)12-13(8,10)11/h1-3,9H,(H2,8,10,11). The lowest BCUT2D eigenvalue weighted by atomic mass is 10.3. The molecule has 0 bridgehead atoms. The highest BCUT2D eigenvalue weighted by atomic mass is 32.2. The number of halogens is 1. The van der Waals surface area contributed by atoms with Gasteiger partial charge in [0.25, 0.3) is 0 Å². The number of hydrogen-bond donors (Lipinski definition) is 2. The van der Waals surface area contributed by atoms with Crippen LogP contribution in [0.3, 0.4) is 0 Å². The molecule has 13 heavy (non-hydrogen) atoms. The molecule has 3 N–H and O–H groups in total. The number of nitrogens with two attached hydrogens (primary N) is 1. The molecule has 0 fully saturated rings. The Bertz CT molecular complexity index is 417. The Hall–Kier alpha value is -1.34. The van der Waals surface area contributed by atoms with Crippen molar-refractivity contribution in [3.63, 3.8) is 0 Å². The zero-order chi connectivity index (χ0) is 10.1. The summed E-state index contributed by atoms with van der Waals surface area (Å²) in [4.78, 5) is 0. The van der Waals surface area contributed by atoms with Gasteiger partial charge in [-0.15, -0.1) is 0 Å². The lowest BCUT2D eigenvalue weighted by Crippen LogP contribution is -2.18. The van der Waals surface area contributed by atoms with E-state index < -0.39 is 21.9 Å². The number of phenols is 1. The van der Waals surface area contributed by atoms with Crippen molar-refractivity contribution in [2.24, 2.45) is 5.14 Å². The van der Waals surface area contributed by atoms with Crippen LogP contribution in [0, 0.1) is 5.82 Å². The third kappa shape index (κ3) is 2.88. The topological polar surface area (TPSA) is 89.6 Å². The summed E-state index contributed by atoms with van der Waals surface area (Å²) in [6.07, 6.45) is 0. The van der Waals surface area contributed by atoms with E-state index in [2.05, 4.69) is 9.32 Å². The minimum atomic E-state index is -4.16. The van der Waals surface area contributed by atoms with Crippen molar-refractivity contribution in [1.82, 2.24) is 0 Å². The van der Waals surface area contributed by atoms with E-state index in [0.717, 1.165) is 12.1 Å². The first-order valence-electron chi connectivity index (χ1n) is 3.09. The first-order chi connectivity index (χ1) is 5.88. The fourth-order valence-electron chi connectivity index (χ4n) is 0.674. The summed E-state index contributed by atoms with van der Waals surface area (Å²) < 4.78 is 37.5. The number of hydrogen-bond acceptors (Lipinski definition) is 4. The Morgan fingerprint density at radius 3 is 2.54 bits per heavy atom. The quantitative estimate of drug-likeness (QED) is 0.720. The monoisotopic (exact) mass is 207 g/mol. The molecule has 0 saturated carbocycles. The zero-order valence-electron chi connectivity index (χ0n) is 6.27. The largest absolute Gasteiger partial charge is 0.505 e. The summed E-state index contributed by atoms with van der Waals surface area (Å²) >= 11 is 0. The Balaban J connectivity index is 2.99. The number of aromatic hydroxyl groups is 1. The predicted molar refractivity (Wildman–Crippen MR) is 41.8 cm³/mol. The predicted octanol–water partition coefficient (Wildman–Crippen LogP) is 0.114. The highest BCUT2D eigenvalue weighted by Gasteiger charge is 2.07. The van der Waals surface area contributed by atoms with Crippen LogP contribution < -0.4 is 9.32 Å². The Morgan fingerprint density at radius 2 is 2.08 bits per heavy atom. The van der Waals surface area contributed by atoms with Crippen LogP contribution in [-0.2, 0) is 10.3 Å². The average molecular weight is 207 g/mol. The molecule has 0 aliphatic carbocycles. The van der Waals surface area contributed by atoms with Crippen LogP contribution in [0.15, 0.2) is 18.2 Å². The first kappa shape index (κ1) is 9.75. The second-order valence-electron chi connectivity index (χ2n) is 2.19. The Morgan fingerprint density at radius 1 is 1.46 bits per heavy atom. The van der Waals surface area contributed by atoms with Gasteiger partial charge in [-0.05, 0) is 12.1 Å². The highest BCUT2D eigenvalue weighted by Crippen LogP contribution is 2.21. The summed E-state index contributed by atoms with van der Waals surface area (Å²) in [5.41, 5.74) is 0. The van der Waals surface area contributed by atoms with E-state index >= 15 is 0 Å². The van der Waals surface area contributed by atoms with Crippen LogP contribution in [0.4, 0.5) is 4.39 Å². The van der Waals surface area contributed by atoms with Gasteiger partial charge in [0.15, 0.2) is 11.6 Å². The van der Waals surface area contributed by atoms with E-state index in [1.165, 1.54) is 0 Å². The average Bonchev–Trinajstić information content (AvgIpc) is 1.94. The van der Waals surface area contributed by atoms with Crippen molar-refractivity contribution in [3.8, 4) is 11.5 Å². The minimum Gasteiger partial charge on any atom is -0.505 e. The van der Waals surface area contributed by atoms with E-state index in [4.69, 9.17) is 5.11 Å². The second-order valence-corrected chi connectivity index (χ2v) is 3.34. The number of rotatable bonds is 2. The van der Waals surface area contributed by atoms with Gasteiger partial charge in [0.2, 0.25) is 0 Å². The Kier molecular flexibility index (Phi) is 2.39. The van der Waals surface area contributed by atoms with Crippen molar-refractivity contribution in [2.45, 2.75) is 0 Å². The molecule has 1 aromatic rings. The molecule has 7 heteroatoms. The fourth-order valence-corrected chi connectivity index (χ4v) is 1.05. The maximum atomic E-state index is 12.6. The molecule has 0 amide bonds. The van der Waals surface area contributed by atoms with Crippen molar-refractivity contribution < 1.29 is 22.1 Å². The van der Waals surface area contributed by atoms with E-state index in [1.54, 1.807) is 0 Å². The van der Waals surface area contributed by atoms with Gasteiger partial charge in [0.05, 0.1) is 0 Å². The van der Waals surface area contributed by atoms with E-state index in [1.807, 2.05) is 0 Å². The fraction of sp³-hybridized carbons (Fsp3) is 0. The minimum absolute atomic E-state index is 0.294. The van der Waals surface area contributed by atoms with Crippen LogP contribution in [0.25, 0.3) is 0 Å². The van der Waals surface area contributed by atoms with Crippen molar-refractivity contribution in [1.29, 1.82) is 0 Å². The smallest absolute Gasteiger partial charge is 0.380 e. The summed E-state index contributed by atoms with van der Waals surface area (Å²) in [5, 5.41) is 13.3. The SMILES string of the molecule is NS(=O)(=O)Oc1ccc(O)c(F)c1. The van der Waals surface area contributed by atoms with Gasteiger partial charge in [-0.2, -0.15) is 13.6 Å². The molecule has 72 valence electrons. The van der Waals surface area contributed by atoms with Gasteiger partial charge in [-0.25, -0.2) is 4.39 Å². The van der Waals surface area contributed by atoms with Gasteiger partial charge in [-0.1, -0.05) is 0 Å². The molecule has 0 radical (unpaired) electrons. The van der Waals surface area contributed by atoms with Crippen LogP contribution >= 0.6 is 0 Å². The van der Waals surface area contributed by atoms with Crippen LogP contribution in [-0.4, -0.2) is 13.5 Å². The maximum absolute atomic E-state index is 12.6.